The minimum absolute atomic E-state index is 1.02. The highest BCUT2D eigenvalue weighted by Crippen LogP contribution is 2.38. The van der Waals surface area contributed by atoms with Gasteiger partial charge in [0.05, 0.1) is 11.2 Å². The number of hydrogen-bond acceptors (Lipinski definition) is 1. The first-order chi connectivity index (χ1) is 13.3. The quantitative estimate of drug-likeness (QED) is 0.275. The maximum absolute atomic E-state index is 5.02. The summed E-state index contributed by atoms with van der Waals surface area (Å²) in [5.41, 5.74) is 5.63. The number of pyridine rings is 1. The summed E-state index contributed by atoms with van der Waals surface area (Å²) in [4.78, 5) is 5.02. The van der Waals surface area contributed by atoms with Crippen LogP contribution in [-0.2, 0) is 0 Å². The van der Waals surface area contributed by atoms with Crippen LogP contribution in [0.25, 0.3) is 44.1 Å². The molecular weight excluding hydrogens is 394 g/mol. The van der Waals surface area contributed by atoms with E-state index >= 15 is 0 Å². The van der Waals surface area contributed by atoms with Crippen molar-refractivity contribution in [1.82, 2.24) is 4.98 Å². The summed E-state index contributed by atoms with van der Waals surface area (Å²) in [7, 11) is 0. The number of benzene rings is 4. The van der Waals surface area contributed by atoms with Crippen LogP contribution in [0.3, 0.4) is 0 Å². The maximum atomic E-state index is 5.02. The molecule has 0 amide bonds. The molecule has 0 saturated heterocycles. The summed E-state index contributed by atoms with van der Waals surface area (Å²) in [6.45, 7) is 0. The Labute approximate surface area is 166 Å². The van der Waals surface area contributed by atoms with Gasteiger partial charge in [0.15, 0.2) is 0 Å². The molecule has 0 bridgehead atoms. The average Bonchev–Trinajstić information content (AvgIpc) is 2.74. The van der Waals surface area contributed by atoms with Crippen molar-refractivity contribution in [2.75, 3.05) is 0 Å². The Balaban J connectivity index is 1.93. The lowest BCUT2D eigenvalue weighted by molar-refractivity contribution is 1.42. The Morgan fingerprint density at radius 1 is 0.556 bits per heavy atom. The van der Waals surface area contributed by atoms with E-state index in [0.29, 0.717) is 0 Å². The number of fused-ring (bicyclic) bond motifs is 3. The number of hydrogen-bond donors (Lipinski definition) is 0. The topological polar surface area (TPSA) is 12.9 Å². The molecule has 5 rings (SSSR count). The fourth-order valence-corrected chi connectivity index (χ4v) is 3.95. The molecule has 1 nitrogen and oxygen atoms in total. The molecule has 1 heterocycles. The second-order valence-corrected chi connectivity index (χ2v) is 7.49. The van der Waals surface area contributed by atoms with Crippen molar-refractivity contribution in [2.24, 2.45) is 0 Å². The first-order valence-electron chi connectivity index (χ1n) is 8.94. The summed E-state index contributed by atoms with van der Waals surface area (Å²) in [6, 6.07) is 33.9. The van der Waals surface area contributed by atoms with Crippen molar-refractivity contribution in [3.63, 3.8) is 0 Å². The third kappa shape index (κ3) is 2.83. The zero-order chi connectivity index (χ0) is 18.2. The molecule has 5 aromatic rings. The van der Waals surface area contributed by atoms with Gasteiger partial charge in [0.2, 0.25) is 0 Å². The molecular formula is C25H16BrN. The van der Waals surface area contributed by atoms with E-state index in [1.807, 2.05) is 0 Å². The molecule has 0 aliphatic heterocycles. The van der Waals surface area contributed by atoms with Crippen LogP contribution < -0.4 is 0 Å². The van der Waals surface area contributed by atoms with E-state index in [-0.39, 0.29) is 0 Å². The van der Waals surface area contributed by atoms with Gasteiger partial charge in [-0.15, -0.1) is 0 Å². The van der Waals surface area contributed by atoms with Crippen LogP contribution in [0.5, 0.6) is 0 Å². The number of halogens is 1. The monoisotopic (exact) mass is 409 g/mol. The van der Waals surface area contributed by atoms with Crippen LogP contribution in [-0.4, -0.2) is 4.98 Å². The highest BCUT2D eigenvalue weighted by atomic mass is 79.9. The molecule has 0 saturated carbocycles. The molecule has 128 valence electrons. The van der Waals surface area contributed by atoms with E-state index in [9.17, 15) is 0 Å². The van der Waals surface area contributed by atoms with Crippen LogP contribution in [0, 0.1) is 0 Å². The van der Waals surface area contributed by atoms with Gasteiger partial charge in [-0.05, 0) is 29.3 Å². The highest BCUT2D eigenvalue weighted by molar-refractivity contribution is 9.10. The van der Waals surface area contributed by atoms with E-state index in [0.717, 1.165) is 21.2 Å². The molecule has 0 fully saturated rings. The van der Waals surface area contributed by atoms with Crippen LogP contribution >= 0.6 is 15.9 Å². The van der Waals surface area contributed by atoms with Gasteiger partial charge in [0.25, 0.3) is 0 Å². The molecule has 0 spiro atoms. The minimum atomic E-state index is 1.02. The molecule has 0 unspecified atom stereocenters. The Kier molecular flexibility index (Phi) is 3.99. The van der Waals surface area contributed by atoms with Crippen molar-refractivity contribution in [3.05, 3.63) is 102 Å². The van der Waals surface area contributed by atoms with Gasteiger partial charge in [0.1, 0.15) is 0 Å². The van der Waals surface area contributed by atoms with Crippen molar-refractivity contribution in [1.29, 1.82) is 0 Å². The Hall–Kier alpha value is -2.97. The van der Waals surface area contributed by atoms with Crippen LogP contribution in [0.4, 0.5) is 0 Å². The lowest BCUT2D eigenvalue weighted by Crippen LogP contribution is -1.91. The fourth-order valence-electron chi connectivity index (χ4n) is 3.69. The summed E-state index contributed by atoms with van der Waals surface area (Å²) < 4.78 is 1.07. The van der Waals surface area contributed by atoms with E-state index < -0.39 is 0 Å². The third-order valence-corrected chi connectivity index (χ3v) is 5.46. The summed E-state index contributed by atoms with van der Waals surface area (Å²) >= 11 is 3.53. The molecule has 0 aliphatic carbocycles. The van der Waals surface area contributed by atoms with Crippen molar-refractivity contribution in [2.45, 2.75) is 0 Å². The van der Waals surface area contributed by atoms with Gasteiger partial charge in [0, 0.05) is 26.2 Å². The fraction of sp³-hybridized carbons (Fsp3) is 0. The van der Waals surface area contributed by atoms with E-state index in [2.05, 4.69) is 113 Å². The van der Waals surface area contributed by atoms with Crippen LogP contribution in [0.2, 0.25) is 0 Å². The normalized spacial score (nSPS) is 11.1. The standard InChI is InChI=1S/C25H16BrN/c26-19-15-13-18(14-16-19)25-22-11-6-10-20(17-7-2-1-3-8-17)24(22)21-9-4-5-12-23(21)27-25/h1-16H. The van der Waals surface area contributed by atoms with Crippen molar-refractivity contribution in [3.8, 4) is 22.4 Å². The molecule has 4 aromatic carbocycles. The van der Waals surface area contributed by atoms with E-state index in [1.165, 1.54) is 27.3 Å². The lowest BCUT2D eigenvalue weighted by Gasteiger charge is -2.14. The van der Waals surface area contributed by atoms with Crippen LogP contribution in [0.1, 0.15) is 0 Å². The Morgan fingerprint density at radius 3 is 2.07 bits per heavy atom. The average molecular weight is 410 g/mol. The van der Waals surface area contributed by atoms with E-state index in [1.54, 1.807) is 0 Å². The van der Waals surface area contributed by atoms with E-state index in [4.69, 9.17) is 4.98 Å². The maximum Gasteiger partial charge on any atom is 0.0788 e. The van der Waals surface area contributed by atoms with Crippen LogP contribution in [0.15, 0.2) is 102 Å². The first-order valence-corrected chi connectivity index (χ1v) is 9.73. The first kappa shape index (κ1) is 16.2. The molecule has 0 radical (unpaired) electrons. The number of nitrogens with zero attached hydrogens (tertiary/aromatic N) is 1. The smallest absolute Gasteiger partial charge is 0.0788 e. The third-order valence-electron chi connectivity index (χ3n) is 4.93. The van der Waals surface area contributed by atoms with Gasteiger partial charge >= 0.3 is 0 Å². The van der Waals surface area contributed by atoms with Gasteiger partial charge in [-0.1, -0.05) is 94.8 Å². The zero-order valence-corrected chi connectivity index (χ0v) is 16.1. The number of aromatic nitrogens is 1. The lowest BCUT2D eigenvalue weighted by atomic mass is 9.93. The molecule has 0 N–H and O–H groups in total. The summed E-state index contributed by atoms with van der Waals surface area (Å²) in [5.74, 6) is 0. The van der Waals surface area contributed by atoms with Gasteiger partial charge in [-0.2, -0.15) is 0 Å². The number of rotatable bonds is 2. The minimum Gasteiger partial charge on any atom is -0.247 e. The number of para-hydroxylation sites is 1. The predicted molar refractivity (Wildman–Crippen MR) is 118 cm³/mol. The highest BCUT2D eigenvalue weighted by Gasteiger charge is 2.13. The van der Waals surface area contributed by atoms with Gasteiger partial charge in [-0.25, -0.2) is 4.98 Å². The summed E-state index contributed by atoms with van der Waals surface area (Å²) in [5, 5.41) is 3.62. The molecule has 0 aliphatic rings. The molecule has 1 aromatic heterocycles. The Morgan fingerprint density at radius 2 is 1.26 bits per heavy atom. The van der Waals surface area contributed by atoms with Crippen molar-refractivity contribution >= 4 is 37.6 Å². The molecule has 27 heavy (non-hydrogen) atoms. The Bertz CT molecular complexity index is 1260. The second-order valence-electron chi connectivity index (χ2n) is 6.58. The van der Waals surface area contributed by atoms with Gasteiger partial charge in [-0.3, -0.25) is 0 Å². The van der Waals surface area contributed by atoms with Crippen molar-refractivity contribution < 1.29 is 0 Å². The van der Waals surface area contributed by atoms with Gasteiger partial charge < -0.3 is 0 Å². The summed E-state index contributed by atoms with van der Waals surface area (Å²) in [6.07, 6.45) is 0. The molecule has 2 heteroatoms. The molecule has 0 atom stereocenters. The SMILES string of the molecule is Brc1ccc(-c2nc3ccccc3c3c(-c4ccccc4)cccc23)cc1. The largest absolute Gasteiger partial charge is 0.247 e. The zero-order valence-electron chi connectivity index (χ0n) is 14.6. The second kappa shape index (κ2) is 6.64. The predicted octanol–water partition coefficient (Wildman–Crippen LogP) is 7.48.